The summed E-state index contributed by atoms with van der Waals surface area (Å²) in [6.07, 6.45) is 3.73. The summed E-state index contributed by atoms with van der Waals surface area (Å²) >= 11 is 0. The van der Waals surface area contributed by atoms with E-state index in [1.807, 2.05) is 78.0 Å². The van der Waals surface area contributed by atoms with E-state index in [1.165, 1.54) is 12.1 Å². The van der Waals surface area contributed by atoms with Crippen molar-refractivity contribution in [3.8, 4) is 5.75 Å². The second-order valence-electron chi connectivity index (χ2n) is 10.2. The molecule has 0 N–H and O–H groups in total. The van der Waals surface area contributed by atoms with Gasteiger partial charge in [-0.25, -0.2) is 4.99 Å². The van der Waals surface area contributed by atoms with Crippen molar-refractivity contribution in [3.63, 3.8) is 0 Å². The largest absolute Gasteiger partial charge is 0.487 e. The van der Waals surface area contributed by atoms with Crippen LogP contribution >= 0.6 is 0 Å². The highest BCUT2D eigenvalue weighted by atomic mass is 16.6. The molecule has 0 unspecified atom stereocenters. The van der Waals surface area contributed by atoms with Crippen molar-refractivity contribution in [1.29, 1.82) is 0 Å². The maximum atomic E-state index is 13.2. The number of nitrogens with zero attached hydrogens (tertiary/aromatic N) is 2. The minimum Gasteiger partial charge on any atom is -0.487 e. The molecule has 0 heterocycles. The molecule has 0 radical (unpaired) electrons. The second kappa shape index (κ2) is 9.14. The lowest BCUT2D eigenvalue weighted by atomic mass is 9.72. The van der Waals surface area contributed by atoms with E-state index in [0.717, 1.165) is 16.7 Å². The highest BCUT2D eigenvalue weighted by molar-refractivity contribution is 6.23. The Morgan fingerprint density at radius 3 is 1.94 bits per heavy atom. The Balaban J connectivity index is 1.93. The molecule has 0 spiro atoms. The van der Waals surface area contributed by atoms with Gasteiger partial charge in [0.15, 0.2) is 5.78 Å². The van der Waals surface area contributed by atoms with E-state index >= 15 is 0 Å². The minimum atomic E-state index is -0.427. The van der Waals surface area contributed by atoms with Gasteiger partial charge in [-0.1, -0.05) is 53.7 Å². The maximum Gasteiger partial charge on any atom is 0.269 e. The summed E-state index contributed by atoms with van der Waals surface area (Å²) in [7, 11) is 0. The highest BCUT2D eigenvalue weighted by Gasteiger charge is 2.34. The van der Waals surface area contributed by atoms with Gasteiger partial charge in [0.25, 0.3) is 5.69 Å². The van der Waals surface area contributed by atoms with Gasteiger partial charge >= 0.3 is 0 Å². The van der Waals surface area contributed by atoms with Crippen molar-refractivity contribution in [2.75, 3.05) is 0 Å². The van der Waals surface area contributed by atoms with Crippen LogP contribution in [0.15, 0.2) is 76.8 Å². The number of hydrogen-bond acceptors (Lipinski definition) is 5. The molecule has 0 atom stereocenters. The molecule has 0 saturated carbocycles. The number of benzene rings is 2. The summed E-state index contributed by atoms with van der Waals surface area (Å²) < 4.78 is 5.99. The summed E-state index contributed by atoms with van der Waals surface area (Å²) in [6, 6.07) is 13.7. The summed E-state index contributed by atoms with van der Waals surface area (Å²) in [4.78, 5) is 28.4. The van der Waals surface area contributed by atoms with E-state index in [9.17, 15) is 14.9 Å². The topological polar surface area (TPSA) is 81.8 Å². The maximum absolute atomic E-state index is 13.2. The smallest absolute Gasteiger partial charge is 0.269 e. The van der Waals surface area contributed by atoms with Gasteiger partial charge < -0.3 is 4.74 Å². The number of allylic oxidation sites excluding steroid dienone is 4. The van der Waals surface area contributed by atoms with E-state index in [4.69, 9.17) is 9.73 Å². The van der Waals surface area contributed by atoms with Crippen LogP contribution in [0.2, 0.25) is 0 Å². The van der Waals surface area contributed by atoms with E-state index < -0.39 is 4.92 Å². The number of rotatable bonds is 5. The molecule has 0 aromatic heterocycles. The predicted octanol–water partition coefficient (Wildman–Crippen LogP) is 6.77. The molecule has 0 amide bonds. The first-order valence-corrected chi connectivity index (χ1v) is 10.9. The lowest BCUT2D eigenvalue weighted by molar-refractivity contribution is -0.384. The fourth-order valence-electron chi connectivity index (χ4n) is 3.48. The SMILES string of the molecule is CC(C)(C)C1=CC(=Nc2ccccc2OCc2ccc([N+](=O)[O-])cc2)C=C(C(C)(C)C)C1=O. The van der Waals surface area contributed by atoms with Gasteiger partial charge in [-0.2, -0.15) is 0 Å². The molecule has 0 bridgehead atoms. The van der Waals surface area contributed by atoms with Crippen LogP contribution in [0.1, 0.15) is 47.1 Å². The number of carbonyl (C=O) groups is 1. The summed E-state index contributed by atoms with van der Waals surface area (Å²) in [5.74, 6) is 0.660. The lowest BCUT2D eigenvalue weighted by Crippen LogP contribution is -2.29. The van der Waals surface area contributed by atoms with Gasteiger partial charge in [-0.05, 0) is 52.8 Å². The zero-order valence-electron chi connectivity index (χ0n) is 20.0. The number of non-ortho nitro benzene ring substituents is 1. The first-order valence-electron chi connectivity index (χ1n) is 10.9. The zero-order valence-corrected chi connectivity index (χ0v) is 20.0. The van der Waals surface area contributed by atoms with Gasteiger partial charge in [-0.3, -0.25) is 14.9 Å². The number of ether oxygens (including phenoxy) is 1. The number of Topliss-reactive ketones (excluding diaryl/α,β-unsaturated/α-hetero) is 1. The molecule has 1 aliphatic carbocycles. The van der Waals surface area contributed by atoms with Crippen LogP contribution in [0.5, 0.6) is 5.75 Å². The number of nitro benzene ring substituents is 1. The Hall–Kier alpha value is -3.54. The van der Waals surface area contributed by atoms with Crippen molar-refractivity contribution >= 4 is 22.9 Å². The van der Waals surface area contributed by atoms with Crippen LogP contribution in [0.3, 0.4) is 0 Å². The molecule has 33 heavy (non-hydrogen) atoms. The van der Waals surface area contributed by atoms with Gasteiger partial charge in [0.05, 0.1) is 10.6 Å². The number of ketones is 1. The number of carbonyl (C=O) groups excluding carboxylic acids is 1. The molecule has 2 aromatic carbocycles. The molecule has 2 aromatic rings. The molecular weight excluding hydrogens is 416 g/mol. The van der Waals surface area contributed by atoms with Crippen LogP contribution in [0, 0.1) is 20.9 Å². The molecule has 172 valence electrons. The molecule has 6 heteroatoms. The Morgan fingerprint density at radius 1 is 0.879 bits per heavy atom. The van der Waals surface area contributed by atoms with Crippen LogP contribution in [0.4, 0.5) is 11.4 Å². The van der Waals surface area contributed by atoms with Crippen LogP contribution in [-0.4, -0.2) is 16.4 Å². The Kier molecular flexibility index (Phi) is 6.68. The molecule has 6 nitrogen and oxygen atoms in total. The van der Waals surface area contributed by atoms with Crippen LogP contribution in [0.25, 0.3) is 0 Å². The average molecular weight is 447 g/mol. The Morgan fingerprint density at radius 2 is 1.42 bits per heavy atom. The lowest BCUT2D eigenvalue weighted by Gasteiger charge is -2.31. The molecule has 0 fully saturated rings. The third-order valence-electron chi connectivity index (χ3n) is 5.35. The van der Waals surface area contributed by atoms with Gasteiger partial charge in [-0.15, -0.1) is 0 Å². The van der Waals surface area contributed by atoms with Gasteiger partial charge in [0, 0.05) is 23.3 Å². The van der Waals surface area contributed by atoms with E-state index in [-0.39, 0.29) is 28.9 Å². The number of nitro groups is 1. The Bertz CT molecular complexity index is 1120. The second-order valence-corrected chi connectivity index (χ2v) is 10.2. The summed E-state index contributed by atoms with van der Waals surface area (Å²) in [5, 5.41) is 10.8. The number of para-hydroxylation sites is 2. The monoisotopic (exact) mass is 446 g/mol. The Labute approximate surface area is 194 Å². The van der Waals surface area contributed by atoms with Crippen LogP contribution < -0.4 is 4.74 Å². The van der Waals surface area contributed by atoms with Crippen LogP contribution in [-0.2, 0) is 11.4 Å². The predicted molar refractivity (Wildman–Crippen MR) is 131 cm³/mol. The fraction of sp³-hybridized carbons (Fsp3) is 0.333. The first kappa shape index (κ1) is 24.1. The number of hydrogen-bond donors (Lipinski definition) is 0. The third-order valence-corrected chi connectivity index (χ3v) is 5.35. The number of aliphatic imine (C=N–C) groups is 1. The van der Waals surface area contributed by atoms with E-state index in [1.54, 1.807) is 12.1 Å². The van der Waals surface area contributed by atoms with Crippen molar-refractivity contribution < 1.29 is 14.5 Å². The summed E-state index contributed by atoms with van der Waals surface area (Å²) in [6.45, 7) is 12.4. The van der Waals surface area contributed by atoms with Gasteiger partial charge in [0.2, 0.25) is 0 Å². The van der Waals surface area contributed by atoms with Gasteiger partial charge in [0.1, 0.15) is 18.0 Å². The average Bonchev–Trinajstić information content (AvgIpc) is 2.73. The molecular formula is C27H30N2O4. The zero-order chi connectivity index (χ0) is 24.4. The van der Waals surface area contributed by atoms with Crippen molar-refractivity contribution in [2.24, 2.45) is 15.8 Å². The normalized spacial score (nSPS) is 14.5. The molecule has 3 rings (SSSR count). The van der Waals surface area contributed by atoms with E-state index in [0.29, 0.717) is 17.1 Å². The molecule has 1 aliphatic rings. The third kappa shape index (κ3) is 5.83. The minimum absolute atomic E-state index is 0.0419. The van der Waals surface area contributed by atoms with Crippen molar-refractivity contribution in [2.45, 2.75) is 48.1 Å². The fourth-order valence-corrected chi connectivity index (χ4v) is 3.48. The van der Waals surface area contributed by atoms with Crippen molar-refractivity contribution in [3.05, 3.63) is 87.5 Å². The molecule has 0 aliphatic heterocycles. The molecule has 0 saturated heterocycles. The van der Waals surface area contributed by atoms with Crippen molar-refractivity contribution in [1.82, 2.24) is 0 Å². The van der Waals surface area contributed by atoms with E-state index in [2.05, 4.69) is 0 Å². The first-order chi connectivity index (χ1) is 15.4. The quantitative estimate of drug-likeness (QED) is 0.288. The highest BCUT2D eigenvalue weighted by Crippen LogP contribution is 2.38. The standard InChI is InChI=1S/C27H30N2O4/c1-26(2,3)21-15-19(16-22(25(21)30)27(4,5)6)28-23-9-7-8-10-24(23)33-17-18-11-13-20(14-12-18)29(31)32/h7-16H,17H2,1-6H3. The summed E-state index contributed by atoms with van der Waals surface area (Å²) in [5.41, 5.74) is 3.06.